The Morgan fingerprint density at radius 3 is 1.31 bits per heavy atom. The Morgan fingerprint density at radius 1 is 0.597 bits per heavy atom. The van der Waals surface area contributed by atoms with E-state index in [-0.39, 0.29) is 22.6 Å². The Labute approximate surface area is 359 Å². The Kier molecular flexibility index (Phi) is 11.4. The summed E-state index contributed by atoms with van der Waals surface area (Å²) in [4.78, 5) is 46.6. The van der Waals surface area contributed by atoms with Crippen LogP contribution in [-0.4, -0.2) is 111 Å². The summed E-state index contributed by atoms with van der Waals surface area (Å²) in [6, 6.07) is 17.7. The number of H-pyrrole nitrogens is 2. The monoisotopic (exact) mass is 830 g/mol. The fourth-order valence-corrected chi connectivity index (χ4v) is 8.93. The van der Waals surface area contributed by atoms with E-state index < -0.39 is 0 Å². The number of aromatic amines is 2. The molecule has 0 saturated carbocycles. The summed E-state index contributed by atoms with van der Waals surface area (Å²) >= 11 is 0. The van der Waals surface area contributed by atoms with Crippen molar-refractivity contribution in [3.05, 3.63) is 143 Å². The summed E-state index contributed by atoms with van der Waals surface area (Å²) in [5.74, 6) is 1.20. The van der Waals surface area contributed by atoms with Gasteiger partial charge in [-0.2, -0.15) is 30.8 Å². The molecule has 4 N–H and O–H groups in total. The normalized spacial score (nSPS) is 21.0. The number of hydrogen-bond acceptors (Lipinski definition) is 12. The number of fused-ring (bicyclic) bond motifs is 2. The van der Waals surface area contributed by atoms with E-state index in [1.54, 1.807) is 61.5 Å². The lowest BCUT2D eigenvalue weighted by atomic mass is 9.86. The molecule has 0 radical (unpaired) electrons. The number of likely N-dealkylation sites (tertiary alicyclic amines) is 2. The van der Waals surface area contributed by atoms with Gasteiger partial charge in [-0.25, -0.2) is 19.9 Å². The SMILES string of the molecule is CC1(c2cn[nH]n2)CCN(C(=O)/C=C/c2cnc(NC3Cc4ccccc4C3)nc2)C1.CC1(c2cn[nH]n2)CCN(C(=O)/C=C/c2cnc(NC3Cc4ccccc4C3)nc2)C1. The summed E-state index contributed by atoms with van der Waals surface area (Å²) < 4.78 is 0. The average Bonchev–Trinajstić information content (AvgIpc) is 4.15. The zero-order valence-electron chi connectivity index (χ0n) is 34.9. The molecule has 4 aromatic heterocycles. The third-order valence-corrected chi connectivity index (χ3v) is 12.6. The first-order chi connectivity index (χ1) is 30.2. The van der Waals surface area contributed by atoms with E-state index in [1.807, 2.05) is 9.80 Å². The molecule has 0 bridgehead atoms. The van der Waals surface area contributed by atoms with Gasteiger partial charge in [0.2, 0.25) is 23.7 Å². The van der Waals surface area contributed by atoms with Gasteiger partial charge in [-0.3, -0.25) is 9.59 Å². The van der Waals surface area contributed by atoms with E-state index in [2.05, 4.69) is 124 Å². The maximum Gasteiger partial charge on any atom is 0.246 e. The van der Waals surface area contributed by atoms with E-state index >= 15 is 0 Å². The summed E-state index contributed by atoms with van der Waals surface area (Å²) in [5.41, 5.74) is 8.62. The van der Waals surface area contributed by atoms with Gasteiger partial charge in [0.1, 0.15) is 0 Å². The molecule has 62 heavy (non-hydrogen) atoms. The molecular weight excluding hydrogens is 781 g/mol. The number of rotatable bonds is 10. The lowest BCUT2D eigenvalue weighted by Gasteiger charge is -2.21. The fraction of sp³-hybridized carbons (Fsp3) is 0.348. The minimum Gasteiger partial charge on any atom is -0.351 e. The molecule has 2 saturated heterocycles. The number of carbonyl (C=O) groups excluding carboxylic acids is 2. The summed E-state index contributed by atoms with van der Waals surface area (Å²) in [6.07, 6.45) is 22.8. The van der Waals surface area contributed by atoms with Gasteiger partial charge in [0.15, 0.2) is 0 Å². The quantitative estimate of drug-likeness (QED) is 0.138. The highest BCUT2D eigenvalue weighted by molar-refractivity contribution is 5.92. The van der Waals surface area contributed by atoms with Gasteiger partial charge in [0.05, 0.1) is 23.8 Å². The molecule has 2 aromatic carbocycles. The fourth-order valence-electron chi connectivity index (χ4n) is 8.93. The van der Waals surface area contributed by atoms with Crippen LogP contribution >= 0.6 is 0 Å². The van der Waals surface area contributed by atoms with Crippen LogP contribution in [0.5, 0.6) is 0 Å². The van der Waals surface area contributed by atoms with Crippen molar-refractivity contribution in [2.24, 2.45) is 0 Å². The van der Waals surface area contributed by atoms with E-state index in [0.29, 0.717) is 50.2 Å². The third kappa shape index (κ3) is 9.13. The molecule has 2 unspecified atom stereocenters. The maximum atomic E-state index is 12.6. The highest BCUT2D eigenvalue weighted by atomic mass is 16.2. The summed E-state index contributed by atoms with van der Waals surface area (Å²) in [5, 5.41) is 28.3. The van der Waals surface area contributed by atoms with Crippen molar-refractivity contribution in [2.75, 3.05) is 36.8 Å². The van der Waals surface area contributed by atoms with Crippen LogP contribution in [0, 0.1) is 0 Å². The number of anilines is 2. The van der Waals surface area contributed by atoms with Crippen LogP contribution < -0.4 is 10.6 Å². The average molecular weight is 831 g/mol. The molecule has 2 atom stereocenters. The first-order valence-electron chi connectivity index (χ1n) is 21.2. The van der Waals surface area contributed by atoms with Crippen LogP contribution in [0.15, 0.2) is 97.9 Å². The number of nitrogens with zero attached hydrogens (tertiary/aromatic N) is 10. The van der Waals surface area contributed by atoms with Crippen molar-refractivity contribution in [3.63, 3.8) is 0 Å². The van der Waals surface area contributed by atoms with Crippen molar-refractivity contribution in [3.8, 4) is 0 Å². The molecule has 4 aliphatic rings. The van der Waals surface area contributed by atoms with Crippen molar-refractivity contribution >= 4 is 35.9 Å². The lowest BCUT2D eigenvalue weighted by molar-refractivity contribution is -0.125. The molecule has 2 amide bonds. The standard InChI is InChI=1S/2C23H25N7O/c2*1-23(20-14-26-29-28-20)8-9-30(15-23)21(31)7-6-16-12-24-22(25-13-16)27-19-10-17-4-2-3-5-18(17)11-19/h2*2-7,12-14,19H,8-11,15H2,1H3,(H,24,25,27)(H,26,28,29)/b2*7-6+. The molecule has 2 fully saturated rings. The minimum atomic E-state index is -0.160. The molecule has 10 rings (SSSR count). The van der Waals surface area contributed by atoms with Gasteiger partial charge in [0, 0.05) is 97.2 Å². The Bertz CT molecular complexity index is 2310. The van der Waals surface area contributed by atoms with E-state index in [4.69, 9.17) is 0 Å². The molecule has 0 spiro atoms. The Morgan fingerprint density at radius 2 is 0.968 bits per heavy atom. The molecule has 16 nitrogen and oxygen atoms in total. The molecule has 6 aromatic rings. The van der Waals surface area contributed by atoms with Gasteiger partial charge in [-0.15, -0.1) is 0 Å². The molecule has 2 aliphatic carbocycles. The lowest BCUT2D eigenvalue weighted by Crippen LogP contribution is -2.32. The van der Waals surface area contributed by atoms with Crippen LogP contribution in [0.25, 0.3) is 12.2 Å². The molecule has 316 valence electrons. The van der Waals surface area contributed by atoms with Crippen LogP contribution in [0.3, 0.4) is 0 Å². The molecule has 16 heteroatoms. The van der Waals surface area contributed by atoms with E-state index in [9.17, 15) is 9.59 Å². The minimum absolute atomic E-state index is 0.0156. The number of aromatic nitrogens is 10. The van der Waals surface area contributed by atoms with Crippen molar-refractivity contribution in [1.82, 2.24) is 60.6 Å². The highest BCUT2D eigenvalue weighted by Gasteiger charge is 2.40. The number of hydrogen-bond donors (Lipinski definition) is 4. The zero-order valence-corrected chi connectivity index (χ0v) is 34.9. The van der Waals surface area contributed by atoms with Crippen molar-refractivity contribution in [2.45, 2.75) is 75.3 Å². The maximum absolute atomic E-state index is 12.6. The summed E-state index contributed by atoms with van der Waals surface area (Å²) in [6.45, 7) is 6.90. The molecular formula is C46H50N14O2. The molecule has 6 heterocycles. The van der Waals surface area contributed by atoms with Crippen LogP contribution in [0.2, 0.25) is 0 Å². The van der Waals surface area contributed by atoms with E-state index in [1.165, 1.54) is 22.3 Å². The number of amides is 2. The zero-order chi connectivity index (χ0) is 42.5. The summed E-state index contributed by atoms with van der Waals surface area (Å²) in [7, 11) is 0. The Balaban J connectivity index is 0.000000158. The van der Waals surface area contributed by atoms with Gasteiger partial charge < -0.3 is 20.4 Å². The first kappa shape index (κ1) is 40.3. The number of carbonyl (C=O) groups is 2. The van der Waals surface area contributed by atoms with Gasteiger partial charge in [-0.05, 0) is 72.9 Å². The van der Waals surface area contributed by atoms with Crippen molar-refractivity contribution in [1.29, 1.82) is 0 Å². The second-order valence-corrected chi connectivity index (χ2v) is 17.2. The largest absolute Gasteiger partial charge is 0.351 e. The predicted molar refractivity (Wildman–Crippen MR) is 235 cm³/mol. The van der Waals surface area contributed by atoms with Gasteiger partial charge in [0.25, 0.3) is 0 Å². The number of benzene rings is 2. The second kappa shape index (κ2) is 17.5. The van der Waals surface area contributed by atoms with Crippen molar-refractivity contribution < 1.29 is 9.59 Å². The van der Waals surface area contributed by atoms with E-state index in [0.717, 1.165) is 61.0 Å². The van der Waals surface area contributed by atoms with Crippen LogP contribution in [0.4, 0.5) is 11.9 Å². The number of nitrogens with one attached hydrogen (secondary N) is 4. The third-order valence-electron chi connectivity index (χ3n) is 12.6. The second-order valence-electron chi connectivity index (χ2n) is 17.2. The van der Waals surface area contributed by atoms with Gasteiger partial charge in [-0.1, -0.05) is 62.4 Å². The van der Waals surface area contributed by atoms with Gasteiger partial charge >= 0.3 is 0 Å². The Hall–Kier alpha value is -7.10. The topological polar surface area (TPSA) is 199 Å². The van der Waals surface area contributed by atoms with Crippen LogP contribution in [-0.2, 0) is 46.1 Å². The first-order valence-corrected chi connectivity index (χ1v) is 21.2. The smallest absolute Gasteiger partial charge is 0.246 e. The highest BCUT2D eigenvalue weighted by Crippen LogP contribution is 2.34. The predicted octanol–water partition coefficient (Wildman–Crippen LogP) is 4.75. The van der Waals surface area contributed by atoms with Crippen LogP contribution in [0.1, 0.15) is 71.5 Å². The molecule has 2 aliphatic heterocycles.